The predicted octanol–water partition coefficient (Wildman–Crippen LogP) is 3.61. The van der Waals surface area contributed by atoms with Gasteiger partial charge in [-0.3, -0.25) is 14.4 Å². The topological polar surface area (TPSA) is 80.6 Å². The molecule has 0 bridgehead atoms. The molecule has 2 aromatic rings. The third-order valence-corrected chi connectivity index (χ3v) is 7.31. The molecule has 1 atom stereocenters. The molecule has 2 fully saturated rings. The number of hydrogen-bond donors (Lipinski definition) is 0. The lowest BCUT2D eigenvalue weighted by molar-refractivity contribution is 0.0632. The second-order valence-electron chi connectivity index (χ2n) is 8.64. The number of thioether (sulfide) groups is 1. The summed E-state index contributed by atoms with van der Waals surface area (Å²) in [4.78, 5) is 35.0. The summed E-state index contributed by atoms with van der Waals surface area (Å²) < 4.78 is 7.03. The highest BCUT2D eigenvalue weighted by atomic mass is 32.2. The smallest absolute Gasteiger partial charge is 0.410 e. The summed E-state index contributed by atoms with van der Waals surface area (Å²) in [6, 6.07) is 0.281. The lowest BCUT2D eigenvalue weighted by Crippen LogP contribution is -2.49. The SMILES string of the molecule is CCC1COC(=O)N1C1CCN(C(=O)c2cnc3c(c(C)nn3C)c2SC(C)C)CC1. The summed E-state index contributed by atoms with van der Waals surface area (Å²) in [6.07, 6.45) is 3.91. The van der Waals surface area contributed by atoms with Gasteiger partial charge in [0.2, 0.25) is 0 Å². The third kappa shape index (κ3) is 4.00. The average molecular weight is 446 g/mol. The molecule has 2 saturated heterocycles. The highest BCUT2D eigenvalue weighted by Gasteiger charge is 2.39. The number of pyridine rings is 1. The molecule has 168 valence electrons. The average Bonchev–Trinajstić information content (AvgIpc) is 3.26. The van der Waals surface area contributed by atoms with E-state index in [1.165, 1.54) is 0 Å². The van der Waals surface area contributed by atoms with Crippen LogP contribution in [-0.4, -0.2) is 73.6 Å². The van der Waals surface area contributed by atoms with Gasteiger partial charge in [0.25, 0.3) is 5.91 Å². The van der Waals surface area contributed by atoms with Crippen molar-refractivity contribution in [1.82, 2.24) is 24.6 Å². The maximum atomic E-state index is 13.5. The minimum Gasteiger partial charge on any atom is -0.447 e. The minimum atomic E-state index is -0.214. The molecule has 31 heavy (non-hydrogen) atoms. The van der Waals surface area contributed by atoms with E-state index in [1.54, 1.807) is 22.6 Å². The second-order valence-corrected chi connectivity index (χ2v) is 10.2. The maximum Gasteiger partial charge on any atom is 0.410 e. The lowest BCUT2D eigenvalue weighted by atomic mass is 10.0. The summed E-state index contributed by atoms with van der Waals surface area (Å²) in [6.45, 7) is 10.0. The van der Waals surface area contributed by atoms with Crippen LogP contribution in [0.1, 0.15) is 56.1 Å². The molecule has 4 heterocycles. The van der Waals surface area contributed by atoms with Gasteiger partial charge in [0.1, 0.15) is 6.61 Å². The summed E-state index contributed by atoms with van der Waals surface area (Å²) in [5.74, 6) is 0.00953. The van der Waals surface area contributed by atoms with Gasteiger partial charge in [-0.25, -0.2) is 9.78 Å². The first-order valence-corrected chi connectivity index (χ1v) is 11.9. The molecule has 0 aromatic carbocycles. The van der Waals surface area contributed by atoms with E-state index in [2.05, 4.69) is 30.9 Å². The first-order chi connectivity index (χ1) is 14.8. The molecule has 0 N–H and O–H groups in total. The van der Waals surface area contributed by atoms with E-state index in [4.69, 9.17) is 4.74 Å². The highest BCUT2D eigenvalue weighted by Crippen LogP contribution is 2.36. The van der Waals surface area contributed by atoms with Gasteiger partial charge in [0.05, 0.1) is 22.7 Å². The Balaban J connectivity index is 1.56. The second kappa shape index (κ2) is 8.68. The zero-order valence-corrected chi connectivity index (χ0v) is 19.7. The van der Waals surface area contributed by atoms with Crippen molar-refractivity contribution in [2.75, 3.05) is 19.7 Å². The number of nitrogens with zero attached hydrogens (tertiary/aromatic N) is 5. The number of carbonyl (C=O) groups excluding carboxylic acids is 2. The minimum absolute atomic E-state index is 0.00953. The van der Waals surface area contributed by atoms with Crippen LogP contribution in [0.5, 0.6) is 0 Å². The van der Waals surface area contributed by atoms with Crippen LogP contribution in [0.4, 0.5) is 4.79 Å². The monoisotopic (exact) mass is 445 g/mol. The van der Waals surface area contributed by atoms with Crippen LogP contribution in [0, 0.1) is 6.92 Å². The number of aromatic nitrogens is 3. The molecule has 9 heteroatoms. The van der Waals surface area contributed by atoms with Crippen LogP contribution in [-0.2, 0) is 11.8 Å². The Morgan fingerprint density at radius 2 is 2.03 bits per heavy atom. The summed E-state index contributed by atoms with van der Waals surface area (Å²) >= 11 is 1.69. The fourth-order valence-electron chi connectivity index (χ4n) is 4.64. The van der Waals surface area contributed by atoms with Gasteiger partial charge in [-0.15, -0.1) is 11.8 Å². The lowest BCUT2D eigenvalue weighted by Gasteiger charge is -2.37. The van der Waals surface area contributed by atoms with Crippen molar-refractivity contribution in [3.63, 3.8) is 0 Å². The molecule has 0 radical (unpaired) electrons. The van der Waals surface area contributed by atoms with Crippen molar-refractivity contribution in [1.29, 1.82) is 0 Å². The summed E-state index contributed by atoms with van der Waals surface area (Å²) in [5, 5.41) is 5.81. The Hall–Kier alpha value is -2.29. The highest BCUT2D eigenvalue weighted by molar-refractivity contribution is 8.00. The Bertz CT molecular complexity index is 997. The van der Waals surface area contributed by atoms with Gasteiger partial charge in [0.15, 0.2) is 5.65 Å². The van der Waals surface area contributed by atoms with Crippen LogP contribution >= 0.6 is 11.8 Å². The largest absolute Gasteiger partial charge is 0.447 e. The van der Waals surface area contributed by atoms with E-state index in [0.29, 0.717) is 30.5 Å². The Morgan fingerprint density at radius 3 is 2.68 bits per heavy atom. The van der Waals surface area contributed by atoms with Crippen LogP contribution in [0.3, 0.4) is 0 Å². The molecule has 2 aliphatic rings. The van der Waals surface area contributed by atoms with Crippen molar-refractivity contribution in [2.45, 2.75) is 69.2 Å². The number of rotatable bonds is 5. The predicted molar refractivity (Wildman–Crippen MR) is 120 cm³/mol. The number of cyclic esters (lactones) is 1. The molecule has 2 amide bonds. The van der Waals surface area contributed by atoms with Crippen molar-refractivity contribution in [3.05, 3.63) is 17.5 Å². The molecule has 0 aliphatic carbocycles. The maximum absolute atomic E-state index is 13.5. The molecule has 2 aliphatic heterocycles. The number of hydrogen-bond acceptors (Lipinski definition) is 6. The molecule has 2 aromatic heterocycles. The number of fused-ring (bicyclic) bond motifs is 1. The van der Waals surface area contributed by atoms with Crippen LogP contribution in [0.25, 0.3) is 11.0 Å². The molecule has 1 unspecified atom stereocenters. The van der Waals surface area contributed by atoms with E-state index in [-0.39, 0.29) is 24.1 Å². The van der Waals surface area contributed by atoms with E-state index in [0.717, 1.165) is 40.9 Å². The van der Waals surface area contributed by atoms with E-state index in [1.807, 2.05) is 23.8 Å². The summed E-state index contributed by atoms with van der Waals surface area (Å²) in [7, 11) is 1.88. The zero-order valence-electron chi connectivity index (χ0n) is 18.9. The number of carbonyl (C=O) groups is 2. The third-order valence-electron chi connectivity index (χ3n) is 6.18. The van der Waals surface area contributed by atoms with Crippen molar-refractivity contribution in [2.24, 2.45) is 7.05 Å². The van der Waals surface area contributed by atoms with Crippen LogP contribution < -0.4 is 0 Å². The molecular formula is C22H31N5O3S. The first kappa shape index (κ1) is 21.9. The number of piperidine rings is 1. The zero-order chi connectivity index (χ0) is 22.3. The van der Waals surface area contributed by atoms with Crippen molar-refractivity contribution >= 4 is 34.8 Å². The van der Waals surface area contributed by atoms with Gasteiger partial charge in [-0.1, -0.05) is 20.8 Å². The van der Waals surface area contributed by atoms with Gasteiger partial charge in [0, 0.05) is 42.5 Å². The van der Waals surface area contributed by atoms with E-state index >= 15 is 0 Å². The standard InChI is InChI=1S/C22H31N5O3S/c1-6-15-12-30-22(29)27(15)16-7-9-26(10-8-16)21(28)17-11-23-20-18(14(4)24-25(20)5)19(17)31-13(2)3/h11,13,15-16H,6-10,12H2,1-5H3. The normalized spacial score (nSPS) is 20.2. The number of likely N-dealkylation sites (tertiary alicyclic amines) is 1. The Morgan fingerprint density at radius 1 is 1.32 bits per heavy atom. The van der Waals surface area contributed by atoms with Gasteiger partial charge in [-0.05, 0) is 26.2 Å². The van der Waals surface area contributed by atoms with Crippen molar-refractivity contribution < 1.29 is 14.3 Å². The fourth-order valence-corrected chi connectivity index (χ4v) is 5.74. The Kier molecular flexibility index (Phi) is 6.14. The van der Waals surface area contributed by atoms with Gasteiger partial charge in [-0.2, -0.15) is 5.10 Å². The first-order valence-electron chi connectivity index (χ1n) is 11.0. The number of aryl methyl sites for hydroxylation is 2. The summed E-state index contributed by atoms with van der Waals surface area (Å²) in [5.41, 5.74) is 2.33. The molecule has 0 saturated carbocycles. The fraction of sp³-hybridized carbons (Fsp3) is 0.636. The quantitative estimate of drug-likeness (QED) is 0.654. The van der Waals surface area contributed by atoms with Gasteiger partial charge < -0.3 is 9.64 Å². The van der Waals surface area contributed by atoms with Crippen LogP contribution in [0.15, 0.2) is 11.1 Å². The molecule has 8 nitrogen and oxygen atoms in total. The number of amides is 2. The van der Waals surface area contributed by atoms with Crippen LogP contribution in [0.2, 0.25) is 0 Å². The molecule has 0 spiro atoms. The van der Waals surface area contributed by atoms with Crippen molar-refractivity contribution in [3.8, 4) is 0 Å². The van der Waals surface area contributed by atoms with E-state index < -0.39 is 0 Å². The van der Waals surface area contributed by atoms with E-state index in [9.17, 15) is 9.59 Å². The van der Waals surface area contributed by atoms with Gasteiger partial charge >= 0.3 is 6.09 Å². The number of ether oxygens (including phenoxy) is 1. The Labute approximate surface area is 187 Å². The molecular weight excluding hydrogens is 414 g/mol. The molecule has 4 rings (SSSR count).